The number of allylic oxidation sites excluding steroid dienone is 1. The minimum absolute atomic E-state index is 0.0643. The normalized spacial score (nSPS) is 11.5. The van der Waals surface area contributed by atoms with Crippen LogP contribution in [0.2, 0.25) is 5.02 Å². The lowest BCUT2D eigenvalue weighted by Gasteiger charge is -2.23. The molecule has 0 radical (unpaired) electrons. The molecule has 4 rings (SSSR count). The van der Waals surface area contributed by atoms with Crippen molar-refractivity contribution < 1.29 is 9.15 Å². The van der Waals surface area contributed by atoms with Gasteiger partial charge in [0.15, 0.2) is 5.75 Å². The van der Waals surface area contributed by atoms with Crippen molar-refractivity contribution in [2.75, 3.05) is 13.7 Å². The fraction of sp³-hybridized carbons (Fsp3) is 0.179. The number of benzene rings is 3. The van der Waals surface area contributed by atoms with E-state index in [0.29, 0.717) is 17.1 Å². The summed E-state index contributed by atoms with van der Waals surface area (Å²) in [7, 11) is 1.64. The highest BCUT2D eigenvalue weighted by Gasteiger charge is 2.18. The minimum atomic E-state index is -0.0643. The van der Waals surface area contributed by atoms with E-state index in [0.717, 1.165) is 27.8 Å². The van der Waals surface area contributed by atoms with Crippen molar-refractivity contribution in [3.8, 4) is 11.8 Å². The lowest BCUT2D eigenvalue weighted by Crippen LogP contribution is -2.27. The van der Waals surface area contributed by atoms with E-state index in [1.165, 1.54) is 5.56 Å². The van der Waals surface area contributed by atoms with Gasteiger partial charge >= 0.3 is 0 Å². The Labute approximate surface area is 199 Å². The van der Waals surface area contributed by atoms with Crippen LogP contribution in [0.1, 0.15) is 30.5 Å². The van der Waals surface area contributed by atoms with Crippen LogP contribution in [0.5, 0.6) is 5.75 Å². The van der Waals surface area contributed by atoms with Crippen LogP contribution in [0.25, 0.3) is 22.6 Å². The van der Waals surface area contributed by atoms with Crippen LogP contribution in [0.15, 0.2) is 83.5 Å². The summed E-state index contributed by atoms with van der Waals surface area (Å²) in [4.78, 5) is 0. The van der Waals surface area contributed by atoms with Gasteiger partial charge in [-0.15, -0.1) is 0 Å². The van der Waals surface area contributed by atoms with Crippen LogP contribution in [-0.4, -0.2) is 13.7 Å². The summed E-state index contributed by atoms with van der Waals surface area (Å²) < 4.78 is 10.3. The van der Waals surface area contributed by atoms with Gasteiger partial charge in [0, 0.05) is 17.0 Å². The molecule has 3 aromatic carbocycles. The molecule has 168 valence electrons. The summed E-state index contributed by atoms with van der Waals surface area (Å²) in [5.41, 5.74) is 10.2. The number of methoxy groups -OCH3 is 1. The van der Waals surface area contributed by atoms with Crippen LogP contribution < -0.4 is 10.5 Å². The van der Waals surface area contributed by atoms with E-state index in [4.69, 9.17) is 26.5 Å². The van der Waals surface area contributed by atoms with E-state index < -0.39 is 0 Å². The van der Waals surface area contributed by atoms with Gasteiger partial charge in [0.1, 0.15) is 11.8 Å². The van der Waals surface area contributed by atoms with E-state index >= 15 is 0 Å². The Hall–Kier alpha value is -3.52. The predicted molar refractivity (Wildman–Crippen MR) is 136 cm³/mol. The molecule has 33 heavy (non-hydrogen) atoms. The van der Waals surface area contributed by atoms with Gasteiger partial charge in [0.05, 0.1) is 24.1 Å². The Morgan fingerprint density at radius 2 is 1.73 bits per heavy atom. The number of nitrogens with zero attached hydrogens (tertiary/aromatic N) is 1. The highest BCUT2D eigenvalue weighted by atomic mass is 35.5. The van der Waals surface area contributed by atoms with Gasteiger partial charge in [-0.1, -0.05) is 74.0 Å². The van der Waals surface area contributed by atoms with Gasteiger partial charge in [0.2, 0.25) is 0 Å². The molecular formula is C28H27ClN2O2. The maximum atomic E-state index is 9.41. The van der Waals surface area contributed by atoms with Crippen molar-refractivity contribution in [3.05, 3.63) is 101 Å². The largest absolute Gasteiger partial charge is 0.493 e. The van der Waals surface area contributed by atoms with Crippen molar-refractivity contribution >= 4 is 34.2 Å². The lowest BCUT2D eigenvalue weighted by molar-refractivity contribution is 0.410. The minimum Gasteiger partial charge on any atom is -0.493 e. The van der Waals surface area contributed by atoms with Gasteiger partial charge in [-0.2, -0.15) is 5.26 Å². The quantitative estimate of drug-likeness (QED) is 0.256. The third-order valence-electron chi connectivity index (χ3n) is 5.45. The Morgan fingerprint density at radius 1 is 1.06 bits per heavy atom. The maximum Gasteiger partial charge on any atom is 0.164 e. The molecule has 5 heteroatoms. The van der Waals surface area contributed by atoms with Crippen LogP contribution in [0.4, 0.5) is 0 Å². The standard InChI is InChI=1S/C19H19ClN2.C9H8O2/c1-19(2,13-22)17-7-5-15(6-8-17)16(12-21)11-14-3-9-18(20)10-4-14;1-10-9-6-11-8-5-3-2-4-7(8)9/h3-11H,13,22H2,1-2H3;2-6H,1H3/b16-11+;. The molecule has 0 amide bonds. The average molecular weight is 459 g/mol. The lowest BCUT2D eigenvalue weighted by atomic mass is 9.84. The number of furan rings is 1. The molecule has 0 spiro atoms. The number of ether oxygens (including phenoxy) is 1. The van der Waals surface area contributed by atoms with E-state index in [2.05, 4.69) is 19.9 Å². The second-order valence-corrected chi connectivity index (χ2v) is 8.62. The van der Waals surface area contributed by atoms with Crippen molar-refractivity contribution in [1.82, 2.24) is 0 Å². The first-order valence-corrected chi connectivity index (χ1v) is 10.9. The number of nitrogens with two attached hydrogens (primary N) is 1. The molecule has 0 fully saturated rings. The summed E-state index contributed by atoms with van der Waals surface area (Å²) in [6.45, 7) is 4.80. The zero-order valence-electron chi connectivity index (χ0n) is 19.0. The number of hydrogen-bond acceptors (Lipinski definition) is 4. The van der Waals surface area contributed by atoms with E-state index in [9.17, 15) is 5.26 Å². The van der Waals surface area contributed by atoms with Crippen molar-refractivity contribution in [2.45, 2.75) is 19.3 Å². The summed E-state index contributed by atoms with van der Waals surface area (Å²) in [5, 5.41) is 11.1. The first-order valence-electron chi connectivity index (χ1n) is 10.6. The molecule has 0 unspecified atom stereocenters. The predicted octanol–water partition coefficient (Wildman–Crippen LogP) is 7.08. The fourth-order valence-corrected chi connectivity index (χ4v) is 3.36. The second kappa shape index (κ2) is 10.9. The first kappa shape index (κ1) is 24.1. The topological polar surface area (TPSA) is 72.2 Å². The van der Waals surface area contributed by atoms with Crippen LogP contribution in [0, 0.1) is 11.3 Å². The molecular weight excluding hydrogens is 432 g/mol. The molecule has 0 atom stereocenters. The molecule has 0 saturated carbocycles. The Bertz CT molecular complexity index is 1260. The Morgan fingerprint density at radius 3 is 2.33 bits per heavy atom. The number of halogens is 1. The smallest absolute Gasteiger partial charge is 0.164 e. The molecule has 0 aliphatic rings. The molecule has 4 nitrogen and oxygen atoms in total. The molecule has 0 saturated heterocycles. The van der Waals surface area contributed by atoms with E-state index in [1.54, 1.807) is 13.4 Å². The number of nitriles is 1. The van der Waals surface area contributed by atoms with Crippen LogP contribution in [0.3, 0.4) is 0 Å². The van der Waals surface area contributed by atoms with Crippen LogP contribution in [-0.2, 0) is 5.41 Å². The maximum absolute atomic E-state index is 9.41. The Kier molecular flexibility index (Phi) is 7.95. The Balaban J connectivity index is 0.000000231. The van der Waals surface area contributed by atoms with Crippen LogP contribution >= 0.6 is 11.6 Å². The van der Waals surface area contributed by atoms with Crippen molar-refractivity contribution in [1.29, 1.82) is 5.26 Å². The second-order valence-electron chi connectivity index (χ2n) is 8.19. The zero-order valence-corrected chi connectivity index (χ0v) is 19.8. The molecule has 4 aromatic rings. The molecule has 1 heterocycles. The van der Waals surface area contributed by atoms with Gasteiger partial charge < -0.3 is 14.9 Å². The SMILES string of the molecule is CC(C)(CN)c1ccc(/C(C#N)=C/c2ccc(Cl)cc2)cc1.COc1coc2ccccc12. The number of fused-ring (bicyclic) bond motifs is 1. The molecule has 0 bridgehead atoms. The number of para-hydroxylation sites is 1. The van der Waals surface area contributed by atoms with Gasteiger partial charge in [-0.25, -0.2) is 0 Å². The van der Waals surface area contributed by atoms with Gasteiger partial charge in [-0.05, 0) is 47.0 Å². The zero-order chi connectivity index (χ0) is 23.8. The highest BCUT2D eigenvalue weighted by molar-refractivity contribution is 6.30. The molecule has 2 N–H and O–H groups in total. The number of rotatable bonds is 5. The van der Waals surface area contributed by atoms with Gasteiger partial charge in [0.25, 0.3) is 0 Å². The molecule has 0 aliphatic carbocycles. The first-order chi connectivity index (χ1) is 15.9. The van der Waals surface area contributed by atoms with E-state index in [-0.39, 0.29) is 5.41 Å². The van der Waals surface area contributed by atoms with Crippen molar-refractivity contribution in [2.24, 2.45) is 5.73 Å². The summed E-state index contributed by atoms with van der Waals surface area (Å²) in [5.74, 6) is 0.792. The van der Waals surface area contributed by atoms with E-state index in [1.807, 2.05) is 78.9 Å². The third-order valence-corrected chi connectivity index (χ3v) is 5.71. The fourth-order valence-electron chi connectivity index (χ4n) is 3.24. The molecule has 0 aliphatic heterocycles. The van der Waals surface area contributed by atoms with Gasteiger partial charge in [-0.3, -0.25) is 0 Å². The summed E-state index contributed by atoms with van der Waals surface area (Å²) in [6.07, 6.45) is 3.48. The van der Waals surface area contributed by atoms with Crippen molar-refractivity contribution in [3.63, 3.8) is 0 Å². The summed E-state index contributed by atoms with van der Waals surface area (Å²) in [6, 6.07) is 25.5. The summed E-state index contributed by atoms with van der Waals surface area (Å²) >= 11 is 5.88. The molecule has 1 aromatic heterocycles. The third kappa shape index (κ3) is 6.04. The average Bonchev–Trinajstić information content (AvgIpc) is 3.27. The highest BCUT2D eigenvalue weighted by Crippen LogP contribution is 2.27. The monoisotopic (exact) mass is 458 g/mol. The number of hydrogen-bond donors (Lipinski definition) is 1.